The topological polar surface area (TPSA) is 98.3 Å². The second-order valence-electron chi connectivity index (χ2n) is 5.28. The molecule has 1 aromatic heterocycles. The quantitative estimate of drug-likeness (QED) is 0.761. The molecule has 0 aliphatic heterocycles. The molecule has 0 atom stereocenters. The molecule has 23 heavy (non-hydrogen) atoms. The lowest BCUT2D eigenvalue weighted by Crippen LogP contribution is -2.09. The number of aromatic nitrogens is 2. The summed E-state index contributed by atoms with van der Waals surface area (Å²) in [5.41, 5.74) is 7.05. The average molecular weight is 315 g/mol. The van der Waals surface area contributed by atoms with Crippen molar-refractivity contribution >= 4 is 11.9 Å². The fourth-order valence-corrected chi connectivity index (χ4v) is 2.31. The smallest absolute Gasteiger partial charge is 0.339 e. The number of rotatable bonds is 7. The number of carboxylic acid groups (broad SMARTS) is 1. The monoisotopic (exact) mass is 315 g/mol. The zero-order valence-corrected chi connectivity index (χ0v) is 13.4. The van der Waals surface area contributed by atoms with E-state index in [-0.39, 0.29) is 11.5 Å². The lowest BCUT2D eigenvalue weighted by molar-refractivity contribution is 0.0696. The Hall–Kier alpha value is -2.63. The first-order chi connectivity index (χ1) is 11.0. The van der Waals surface area contributed by atoms with E-state index in [1.807, 2.05) is 0 Å². The van der Waals surface area contributed by atoms with Crippen molar-refractivity contribution in [3.05, 3.63) is 35.5 Å². The number of aryl methyl sites for hydroxylation is 1. The zero-order chi connectivity index (χ0) is 16.8. The summed E-state index contributed by atoms with van der Waals surface area (Å²) in [6.45, 7) is 4.42. The van der Waals surface area contributed by atoms with Crippen molar-refractivity contribution in [2.24, 2.45) is 0 Å². The molecule has 0 radical (unpaired) electrons. The first-order valence-electron chi connectivity index (χ1n) is 7.63. The number of hydrogen-bond acceptors (Lipinski definition) is 5. The van der Waals surface area contributed by atoms with E-state index in [2.05, 4.69) is 16.9 Å². The van der Waals surface area contributed by atoms with Crippen molar-refractivity contribution < 1.29 is 14.6 Å². The number of nitrogen functional groups attached to an aromatic ring is 1. The molecule has 0 aliphatic rings. The van der Waals surface area contributed by atoms with Crippen LogP contribution in [0, 0.1) is 6.92 Å². The Morgan fingerprint density at radius 2 is 1.91 bits per heavy atom. The van der Waals surface area contributed by atoms with Crippen LogP contribution >= 0.6 is 0 Å². The highest BCUT2D eigenvalue weighted by Gasteiger charge is 2.18. The van der Waals surface area contributed by atoms with Gasteiger partial charge in [-0.1, -0.05) is 19.8 Å². The summed E-state index contributed by atoms with van der Waals surface area (Å²) in [5.74, 6) is -0.264. The first-order valence-corrected chi connectivity index (χ1v) is 7.63. The number of unbranched alkanes of at least 4 members (excludes halogenated alkanes) is 2. The number of carbonyl (C=O) groups is 1. The summed E-state index contributed by atoms with van der Waals surface area (Å²) in [7, 11) is 0. The van der Waals surface area contributed by atoms with Gasteiger partial charge in [-0.2, -0.15) is 0 Å². The van der Waals surface area contributed by atoms with Crippen LogP contribution in [0.5, 0.6) is 5.75 Å². The summed E-state index contributed by atoms with van der Waals surface area (Å²) in [5, 5.41) is 9.37. The van der Waals surface area contributed by atoms with Crippen molar-refractivity contribution in [2.45, 2.75) is 33.1 Å². The third kappa shape index (κ3) is 4.18. The predicted octanol–water partition coefficient (Wildman–Crippen LogP) is 3.30. The fraction of sp³-hybridized carbons (Fsp3) is 0.353. The van der Waals surface area contributed by atoms with E-state index in [4.69, 9.17) is 10.5 Å². The largest absolute Gasteiger partial charge is 0.494 e. The van der Waals surface area contributed by atoms with Crippen LogP contribution in [0.15, 0.2) is 24.3 Å². The van der Waals surface area contributed by atoms with Gasteiger partial charge in [0.2, 0.25) is 5.95 Å². The minimum atomic E-state index is -1.07. The third-order valence-corrected chi connectivity index (χ3v) is 3.47. The Kier molecular flexibility index (Phi) is 5.51. The van der Waals surface area contributed by atoms with E-state index in [1.165, 1.54) is 0 Å². The normalized spacial score (nSPS) is 10.5. The molecule has 0 amide bonds. The molecule has 2 rings (SSSR count). The summed E-state index contributed by atoms with van der Waals surface area (Å²) >= 11 is 0. The number of hydrogen-bond donors (Lipinski definition) is 2. The molecule has 0 bridgehead atoms. The molecule has 0 saturated carbocycles. The molecule has 1 aromatic carbocycles. The van der Waals surface area contributed by atoms with Crippen LogP contribution in [0.1, 0.15) is 42.2 Å². The molecule has 0 unspecified atom stereocenters. The third-order valence-electron chi connectivity index (χ3n) is 3.47. The summed E-state index contributed by atoms with van der Waals surface area (Å²) in [4.78, 5) is 19.5. The highest BCUT2D eigenvalue weighted by Crippen LogP contribution is 2.26. The predicted molar refractivity (Wildman–Crippen MR) is 88.6 cm³/mol. The van der Waals surface area contributed by atoms with E-state index in [9.17, 15) is 9.90 Å². The maximum atomic E-state index is 11.5. The van der Waals surface area contributed by atoms with Gasteiger partial charge < -0.3 is 15.6 Å². The van der Waals surface area contributed by atoms with Crippen LogP contribution in [0.3, 0.4) is 0 Å². The summed E-state index contributed by atoms with van der Waals surface area (Å²) < 4.78 is 5.65. The zero-order valence-electron chi connectivity index (χ0n) is 13.4. The molecule has 0 saturated heterocycles. The average Bonchev–Trinajstić information content (AvgIpc) is 2.51. The van der Waals surface area contributed by atoms with E-state index in [1.54, 1.807) is 31.2 Å². The van der Waals surface area contributed by atoms with Gasteiger partial charge in [0.05, 0.1) is 18.0 Å². The number of nitrogens with two attached hydrogens (primary N) is 1. The van der Waals surface area contributed by atoms with Gasteiger partial charge in [0, 0.05) is 5.56 Å². The van der Waals surface area contributed by atoms with Crippen molar-refractivity contribution in [3.8, 4) is 17.0 Å². The number of carboxylic acids is 1. The van der Waals surface area contributed by atoms with Gasteiger partial charge >= 0.3 is 5.97 Å². The molecular formula is C17H21N3O3. The van der Waals surface area contributed by atoms with E-state index >= 15 is 0 Å². The van der Waals surface area contributed by atoms with E-state index < -0.39 is 5.97 Å². The standard InChI is InChI=1S/C17H21N3O3/c1-3-4-5-10-23-13-8-6-12(7-9-13)15-14(16(21)22)11(2)19-17(18)20-15/h6-9H,3-5,10H2,1-2H3,(H,21,22)(H2,18,19,20). The number of aromatic carboxylic acids is 1. The minimum absolute atomic E-state index is 0.0578. The Bertz CT molecular complexity index is 684. The van der Waals surface area contributed by atoms with Crippen molar-refractivity contribution in [2.75, 3.05) is 12.3 Å². The number of anilines is 1. The van der Waals surface area contributed by atoms with Gasteiger partial charge in [0.1, 0.15) is 11.3 Å². The van der Waals surface area contributed by atoms with Crippen LogP contribution in [-0.2, 0) is 0 Å². The molecule has 6 heteroatoms. The van der Waals surface area contributed by atoms with Crippen LogP contribution in [-0.4, -0.2) is 27.7 Å². The second-order valence-corrected chi connectivity index (χ2v) is 5.28. The molecule has 2 aromatic rings. The Morgan fingerprint density at radius 1 is 1.22 bits per heavy atom. The molecule has 1 heterocycles. The maximum absolute atomic E-state index is 11.5. The lowest BCUT2D eigenvalue weighted by atomic mass is 10.0. The van der Waals surface area contributed by atoms with Crippen LogP contribution in [0.4, 0.5) is 5.95 Å². The van der Waals surface area contributed by atoms with Gasteiger partial charge in [-0.3, -0.25) is 0 Å². The first kappa shape index (κ1) is 16.7. The molecule has 0 fully saturated rings. The molecule has 0 aliphatic carbocycles. The summed E-state index contributed by atoms with van der Waals surface area (Å²) in [6.07, 6.45) is 3.30. The SMILES string of the molecule is CCCCCOc1ccc(-c2nc(N)nc(C)c2C(=O)O)cc1. The molecule has 0 spiro atoms. The maximum Gasteiger partial charge on any atom is 0.339 e. The fourth-order valence-electron chi connectivity index (χ4n) is 2.31. The van der Waals surface area contributed by atoms with Crippen LogP contribution in [0.2, 0.25) is 0 Å². The molecular weight excluding hydrogens is 294 g/mol. The molecule has 6 nitrogen and oxygen atoms in total. The highest BCUT2D eigenvalue weighted by atomic mass is 16.5. The second kappa shape index (κ2) is 7.58. The van der Waals surface area contributed by atoms with Gasteiger partial charge in [-0.15, -0.1) is 0 Å². The minimum Gasteiger partial charge on any atom is -0.494 e. The lowest BCUT2D eigenvalue weighted by Gasteiger charge is -2.10. The Balaban J connectivity index is 2.24. The van der Waals surface area contributed by atoms with Crippen molar-refractivity contribution in [1.82, 2.24) is 9.97 Å². The van der Waals surface area contributed by atoms with Crippen LogP contribution in [0.25, 0.3) is 11.3 Å². The number of nitrogens with zero attached hydrogens (tertiary/aromatic N) is 2. The summed E-state index contributed by atoms with van der Waals surface area (Å²) in [6, 6.07) is 7.17. The molecule has 3 N–H and O–H groups in total. The number of benzene rings is 1. The van der Waals surface area contributed by atoms with E-state index in [0.29, 0.717) is 23.6 Å². The Morgan fingerprint density at radius 3 is 2.52 bits per heavy atom. The number of ether oxygens (including phenoxy) is 1. The molecule has 122 valence electrons. The van der Waals surface area contributed by atoms with Crippen LogP contribution < -0.4 is 10.5 Å². The Labute approximate surface area is 135 Å². The highest BCUT2D eigenvalue weighted by molar-refractivity contribution is 5.96. The van der Waals surface area contributed by atoms with Gasteiger partial charge in [-0.25, -0.2) is 14.8 Å². The van der Waals surface area contributed by atoms with Crippen molar-refractivity contribution in [3.63, 3.8) is 0 Å². The van der Waals surface area contributed by atoms with Crippen molar-refractivity contribution in [1.29, 1.82) is 0 Å². The van der Waals surface area contributed by atoms with E-state index in [0.717, 1.165) is 25.0 Å². The van der Waals surface area contributed by atoms with Gasteiger partial charge in [-0.05, 0) is 37.6 Å². The van der Waals surface area contributed by atoms with Gasteiger partial charge in [0.25, 0.3) is 0 Å². The van der Waals surface area contributed by atoms with Gasteiger partial charge in [0.15, 0.2) is 0 Å².